The lowest BCUT2D eigenvalue weighted by Gasteiger charge is -2.21. The molecule has 0 N–H and O–H groups in total. The topological polar surface area (TPSA) is 4.93 Å². The van der Waals surface area contributed by atoms with Crippen LogP contribution >= 0.6 is 0 Å². The highest BCUT2D eigenvalue weighted by molar-refractivity contribution is 6.10. The van der Waals surface area contributed by atoms with Gasteiger partial charge in [-0.25, -0.2) is 0 Å². The van der Waals surface area contributed by atoms with E-state index in [2.05, 4.69) is 158 Å². The molecule has 1 aliphatic carbocycles. The van der Waals surface area contributed by atoms with Crippen LogP contribution < -0.4 is 0 Å². The van der Waals surface area contributed by atoms with E-state index in [4.69, 9.17) is 0 Å². The molecular weight excluding hydrogens is 494 g/mol. The third-order valence-corrected chi connectivity index (χ3v) is 9.03. The quantitative estimate of drug-likeness (QED) is 0.215. The Kier molecular flexibility index (Phi) is 5.30. The number of para-hydroxylation sites is 2. The number of aromatic nitrogens is 1. The molecule has 6 aromatic carbocycles. The van der Waals surface area contributed by atoms with Gasteiger partial charge in [0.1, 0.15) is 0 Å². The highest BCUT2D eigenvalue weighted by Crippen LogP contribution is 2.48. The van der Waals surface area contributed by atoms with E-state index in [1.54, 1.807) is 0 Å². The Morgan fingerprint density at radius 3 is 2.00 bits per heavy atom. The molecule has 7 aromatic rings. The summed E-state index contributed by atoms with van der Waals surface area (Å²) in [6, 6.07) is 51.3. The minimum atomic E-state index is 0.0562. The molecule has 0 unspecified atom stereocenters. The van der Waals surface area contributed by atoms with Gasteiger partial charge in [-0.3, -0.25) is 0 Å². The third-order valence-electron chi connectivity index (χ3n) is 9.03. The van der Waals surface area contributed by atoms with Crippen molar-refractivity contribution in [1.29, 1.82) is 0 Å². The number of rotatable bonds is 4. The fourth-order valence-electron chi connectivity index (χ4n) is 6.94. The summed E-state index contributed by atoms with van der Waals surface area (Å²) in [7, 11) is 0. The molecule has 8 rings (SSSR count). The zero-order valence-corrected chi connectivity index (χ0v) is 23.4. The largest absolute Gasteiger partial charge is 0.309 e. The normalized spacial score (nSPS) is 13.4. The molecule has 0 bridgehead atoms. The molecule has 41 heavy (non-hydrogen) atoms. The molecule has 0 radical (unpaired) electrons. The zero-order valence-electron chi connectivity index (χ0n) is 23.4. The highest BCUT2D eigenvalue weighted by atomic mass is 15.0. The van der Waals surface area contributed by atoms with Crippen LogP contribution in [0.2, 0.25) is 0 Å². The molecule has 1 aliphatic rings. The molecule has 0 fully saturated rings. The second kappa shape index (κ2) is 9.08. The van der Waals surface area contributed by atoms with E-state index in [1.165, 1.54) is 72.0 Å². The van der Waals surface area contributed by atoms with Crippen LogP contribution in [0.4, 0.5) is 0 Å². The molecule has 0 amide bonds. The standard InChI is InChI=1S/C40H31N/c1-40(2)36-14-8-6-12-32(36)34-25-28(18-22-37(34)40)24-27-16-19-29(20-17-27)30-21-23-39-35(26-30)33-13-7-9-15-38(33)41(39)31-10-4-3-5-11-31/h3-23,25-26H,24H2,1-2H3. The van der Waals surface area contributed by atoms with E-state index < -0.39 is 0 Å². The Bertz CT molecular complexity index is 2070. The van der Waals surface area contributed by atoms with E-state index in [-0.39, 0.29) is 5.41 Å². The van der Waals surface area contributed by atoms with Gasteiger partial charge in [-0.15, -0.1) is 0 Å². The van der Waals surface area contributed by atoms with Gasteiger partial charge in [-0.1, -0.05) is 123 Å². The molecule has 1 heteroatoms. The molecule has 0 saturated carbocycles. The van der Waals surface area contributed by atoms with Crippen molar-refractivity contribution in [3.05, 3.63) is 162 Å². The van der Waals surface area contributed by atoms with Crippen LogP contribution in [0.1, 0.15) is 36.1 Å². The van der Waals surface area contributed by atoms with Crippen molar-refractivity contribution in [2.45, 2.75) is 25.7 Å². The van der Waals surface area contributed by atoms with Crippen LogP contribution in [0, 0.1) is 0 Å². The van der Waals surface area contributed by atoms with Gasteiger partial charge in [-0.2, -0.15) is 0 Å². The summed E-state index contributed by atoms with van der Waals surface area (Å²) < 4.78 is 2.37. The van der Waals surface area contributed by atoms with Gasteiger partial charge < -0.3 is 4.57 Å². The third kappa shape index (κ3) is 3.77. The van der Waals surface area contributed by atoms with E-state index in [1.807, 2.05) is 0 Å². The van der Waals surface area contributed by atoms with Crippen LogP contribution in [0.25, 0.3) is 49.7 Å². The van der Waals surface area contributed by atoms with Crippen LogP contribution in [0.3, 0.4) is 0 Å². The summed E-state index contributed by atoms with van der Waals surface area (Å²) in [5, 5.41) is 2.57. The lowest BCUT2D eigenvalue weighted by molar-refractivity contribution is 0.660. The number of fused-ring (bicyclic) bond motifs is 6. The Morgan fingerprint density at radius 2 is 1.15 bits per heavy atom. The molecule has 0 atom stereocenters. The van der Waals surface area contributed by atoms with Crippen LogP contribution in [0.15, 0.2) is 140 Å². The molecular formula is C40H31N. The van der Waals surface area contributed by atoms with E-state index in [0.717, 1.165) is 6.42 Å². The number of benzene rings is 6. The zero-order chi connectivity index (χ0) is 27.6. The van der Waals surface area contributed by atoms with Gasteiger partial charge in [0.05, 0.1) is 11.0 Å². The molecule has 1 heterocycles. The number of hydrogen-bond acceptors (Lipinski definition) is 0. The fourth-order valence-corrected chi connectivity index (χ4v) is 6.94. The maximum absolute atomic E-state index is 2.41. The summed E-state index contributed by atoms with van der Waals surface area (Å²) in [4.78, 5) is 0. The van der Waals surface area contributed by atoms with E-state index in [0.29, 0.717) is 0 Å². The highest BCUT2D eigenvalue weighted by Gasteiger charge is 2.34. The smallest absolute Gasteiger partial charge is 0.0541 e. The van der Waals surface area contributed by atoms with Crippen molar-refractivity contribution in [2.75, 3.05) is 0 Å². The molecule has 0 saturated heterocycles. The Balaban J connectivity index is 1.12. The van der Waals surface area contributed by atoms with Crippen LogP contribution in [-0.4, -0.2) is 4.57 Å². The van der Waals surface area contributed by atoms with E-state index in [9.17, 15) is 0 Å². The predicted molar refractivity (Wildman–Crippen MR) is 173 cm³/mol. The average molecular weight is 526 g/mol. The van der Waals surface area contributed by atoms with Crippen LogP contribution in [-0.2, 0) is 11.8 Å². The van der Waals surface area contributed by atoms with Crippen molar-refractivity contribution in [1.82, 2.24) is 4.57 Å². The minimum Gasteiger partial charge on any atom is -0.309 e. The van der Waals surface area contributed by atoms with Gasteiger partial charge >= 0.3 is 0 Å². The summed E-state index contributed by atoms with van der Waals surface area (Å²) >= 11 is 0. The predicted octanol–water partition coefficient (Wildman–Crippen LogP) is 10.3. The maximum Gasteiger partial charge on any atom is 0.0541 e. The van der Waals surface area contributed by atoms with Crippen molar-refractivity contribution < 1.29 is 0 Å². The minimum absolute atomic E-state index is 0.0562. The summed E-state index contributed by atoms with van der Waals surface area (Å²) in [5.74, 6) is 0. The first kappa shape index (κ1) is 24.0. The van der Waals surface area contributed by atoms with Gasteiger partial charge in [0.15, 0.2) is 0 Å². The molecule has 196 valence electrons. The number of hydrogen-bond donors (Lipinski definition) is 0. The molecule has 0 spiro atoms. The Morgan fingerprint density at radius 1 is 0.488 bits per heavy atom. The number of nitrogens with zero attached hydrogens (tertiary/aromatic N) is 1. The molecule has 0 aliphatic heterocycles. The van der Waals surface area contributed by atoms with E-state index >= 15 is 0 Å². The summed E-state index contributed by atoms with van der Waals surface area (Å²) in [5.41, 5.74) is 14.5. The average Bonchev–Trinajstić information content (AvgIpc) is 3.46. The van der Waals surface area contributed by atoms with Crippen molar-refractivity contribution in [3.8, 4) is 27.9 Å². The second-order valence-electron chi connectivity index (χ2n) is 11.8. The Hall–Kier alpha value is -4.88. The lowest BCUT2D eigenvalue weighted by Crippen LogP contribution is -2.14. The van der Waals surface area contributed by atoms with Gasteiger partial charge in [-0.05, 0) is 81.3 Å². The van der Waals surface area contributed by atoms with Gasteiger partial charge in [0.2, 0.25) is 0 Å². The second-order valence-corrected chi connectivity index (χ2v) is 11.8. The van der Waals surface area contributed by atoms with Gasteiger partial charge in [0.25, 0.3) is 0 Å². The molecule has 1 nitrogen and oxygen atoms in total. The summed E-state index contributed by atoms with van der Waals surface area (Å²) in [6.45, 7) is 4.68. The van der Waals surface area contributed by atoms with Crippen LogP contribution in [0.5, 0.6) is 0 Å². The Labute approximate surface area is 241 Å². The summed E-state index contributed by atoms with van der Waals surface area (Å²) in [6.07, 6.45) is 0.930. The first-order valence-corrected chi connectivity index (χ1v) is 14.5. The monoisotopic (exact) mass is 525 g/mol. The first-order chi connectivity index (χ1) is 20.1. The van der Waals surface area contributed by atoms with Gasteiger partial charge in [0, 0.05) is 21.9 Å². The maximum atomic E-state index is 2.41. The SMILES string of the molecule is CC1(C)c2ccccc2-c2cc(Cc3ccc(-c4ccc5c(c4)c4ccccc4n5-c4ccccc4)cc3)ccc21. The van der Waals surface area contributed by atoms with Crippen molar-refractivity contribution >= 4 is 21.8 Å². The van der Waals surface area contributed by atoms with Crippen molar-refractivity contribution in [3.63, 3.8) is 0 Å². The fraction of sp³-hybridized carbons (Fsp3) is 0.100. The lowest BCUT2D eigenvalue weighted by atomic mass is 9.82. The van der Waals surface area contributed by atoms with Crippen molar-refractivity contribution in [2.24, 2.45) is 0 Å². The molecule has 1 aromatic heterocycles. The first-order valence-electron chi connectivity index (χ1n) is 14.5.